The molecule has 19 heavy (non-hydrogen) atoms. The molecular formula is C16H19NO2. The molecule has 0 unspecified atom stereocenters. The van der Waals surface area contributed by atoms with Gasteiger partial charge in [0.05, 0.1) is 12.7 Å². The highest BCUT2D eigenvalue weighted by Gasteiger charge is 2.20. The van der Waals surface area contributed by atoms with Gasteiger partial charge in [0.2, 0.25) is 0 Å². The van der Waals surface area contributed by atoms with Crippen LogP contribution in [0.5, 0.6) is 0 Å². The second-order valence-electron chi connectivity index (χ2n) is 5.46. The maximum Gasteiger partial charge on any atom is 0.337 e. The molecule has 1 fully saturated rings. The van der Waals surface area contributed by atoms with Crippen LogP contribution in [0.3, 0.4) is 0 Å². The summed E-state index contributed by atoms with van der Waals surface area (Å²) in [6.07, 6.45) is 4.02. The maximum absolute atomic E-state index is 11.6. The molecule has 100 valence electrons. The van der Waals surface area contributed by atoms with Crippen LogP contribution in [0.25, 0.3) is 10.9 Å². The number of benzene rings is 1. The lowest BCUT2D eigenvalue weighted by atomic mass is 9.85. The third kappa shape index (κ3) is 2.14. The van der Waals surface area contributed by atoms with E-state index in [-0.39, 0.29) is 5.97 Å². The smallest absolute Gasteiger partial charge is 0.337 e. The van der Waals surface area contributed by atoms with Crippen LogP contribution in [0.15, 0.2) is 24.3 Å². The Balaban J connectivity index is 2.03. The standard InChI is InChI=1S/C16H19NO2/c1-11-8-13-6-7-14(16(18)19-2)9-15(13)17(11)10-12-4-3-5-12/h6-9,12H,3-5,10H2,1-2H3. The first-order valence-electron chi connectivity index (χ1n) is 6.87. The molecule has 0 atom stereocenters. The largest absolute Gasteiger partial charge is 0.465 e. The molecule has 0 aliphatic heterocycles. The molecule has 3 nitrogen and oxygen atoms in total. The van der Waals surface area contributed by atoms with Gasteiger partial charge in [0.15, 0.2) is 0 Å². The Morgan fingerprint density at radius 1 is 1.37 bits per heavy atom. The van der Waals surface area contributed by atoms with E-state index in [2.05, 4.69) is 17.6 Å². The van der Waals surface area contributed by atoms with E-state index in [1.54, 1.807) is 0 Å². The molecule has 3 rings (SSSR count). The normalized spacial score (nSPS) is 15.5. The molecule has 2 aromatic rings. The summed E-state index contributed by atoms with van der Waals surface area (Å²) in [6.45, 7) is 3.20. The van der Waals surface area contributed by atoms with Crippen molar-refractivity contribution in [3.63, 3.8) is 0 Å². The second kappa shape index (κ2) is 4.72. The van der Waals surface area contributed by atoms with E-state index >= 15 is 0 Å². The molecule has 0 saturated heterocycles. The molecule has 1 aliphatic rings. The molecule has 1 aliphatic carbocycles. The highest BCUT2D eigenvalue weighted by atomic mass is 16.5. The summed E-state index contributed by atoms with van der Waals surface area (Å²) in [5.41, 5.74) is 3.04. The number of aromatic nitrogens is 1. The van der Waals surface area contributed by atoms with Crippen LogP contribution in [0.2, 0.25) is 0 Å². The van der Waals surface area contributed by atoms with Crippen LogP contribution in [-0.2, 0) is 11.3 Å². The van der Waals surface area contributed by atoms with Crippen molar-refractivity contribution in [3.05, 3.63) is 35.5 Å². The van der Waals surface area contributed by atoms with Gasteiger partial charge in [-0.2, -0.15) is 0 Å². The predicted molar refractivity (Wildman–Crippen MR) is 75.4 cm³/mol. The number of esters is 1. The van der Waals surface area contributed by atoms with E-state index in [1.165, 1.54) is 37.5 Å². The average molecular weight is 257 g/mol. The van der Waals surface area contributed by atoms with E-state index in [0.717, 1.165) is 18.0 Å². The topological polar surface area (TPSA) is 31.2 Å². The van der Waals surface area contributed by atoms with Gasteiger partial charge in [0, 0.05) is 17.8 Å². The summed E-state index contributed by atoms with van der Waals surface area (Å²) < 4.78 is 7.14. The highest BCUT2D eigenvalue weighted by molar-refractivity contribution is 5.94. The first-order chi connectivity index (χ1) is 9.19. The minimum atomic E-state index is -0.268. The Labute approximate surface area is 113 Å². The number of carbonyl (C=O) groups excluding carboxylic acids is 1. The lowest BCUT2D eigenvalue weighted by Gasteiger charge is -2.26. The van der Waals surface area contributed by atoms with Crippen LogP contribution in [0, 0.1) is 12.8 Å². The van der Waals surface area contributed by atoms with E-state index < -0.39 is 0 Å². The van der Waals surface area contributed by atoms with Crippen molar-refractivity contribution >= 4 is 16.9 Å². The summed E-state index contributed by atoms with van der Waals surface area (Å²) in [5.74, 6) is 0.534. The Morgan fingerprint density at radius 2 is 2.16 bits per heavy atom. The minimum absolute atomic E-state index is 0.268. The number of hydrogen-bond acceptors (Lipinski definition) is 2. The van der Waals surface area contributed by atoms with Crippen molar-refractivity contribution in [2.24, 2.45) is 5.92 Å². The molecule has 1 aromatic carbocycles. The van der Waals surface area contributed by atoms with Crippen molar-refractivity contribution in [2.45, 2.75) is 32.7 Å². The fraction of sp³-hybridized carbons (Fsp3) is 0.438. The molecule has 0 radical (unpaired) electrons. The summed E-state index contributed by atoms with van der Waals surface area (Å²) >= 11 is 0. The number of fused-ring (bicyclic) bond motifs is 1. The third-order valence-electron chi connectivity index (χ3n) is 4.20. The lowest BCUT2D eigenvalue weighted by molar-refractivity contribution is 0.0601. The van der Waals surface area contributed by atoms with Crippen molar-refractivity contribution in [1.29, 1.82) is 0 Å². The van der Waals surface area contributed by atoms with Crippen molar-refractivity contribution in [2.75, 3.05) is 7.11 Å². The van der Waals surface area contributed by atoms with Gasteiger partial charge in [0.25, 0.3) is 0 Å². The van der Waals surface area contributed by atoms with Gasteiger partial charge in [0.1, 0.15) is 0 Å². The summed E-state index contributed by atoms with van der Waals surface area (Å²) in [5, 5.41) is 1.20. The van der Waals surface area contributed by atoms with Crippen LogP contribution in [0.1, 0.15) is 35.3 Å². The molecule has 0 amide bonds. The number of aryl methyl sites for hydroxylation is 1. The molecule has 1 saturated carbocycles. The average Bonchev–Trinajstić information content (AvgIpc) is 2.67. The van der Waals surface area contributed by atoms with E-state index in [4.69, 9.17) is 4.74 Å². The zero-order valence-electron chi connectivity index (χ0n) is 11.5. The van der Waals surface area contributed by atoms with Gasteiger partial charge in [-0.1, -0.05) is 12.5 Å². The lowest BCUT2D eigenvalue weighted by Crippen LogP contribution is -2.18. The fourth-order valence-corrected chi connectivity index (χ4v) is 2.81. The van der Waals surface area contributed by atoms with Crippen molar-refractivity contribution < 1.29 is 9.53 Å². The number of hydrogen-bond donors (Lipinski definition) is 0. The van der Waals surface area contributed by atoms with Crippen molar-refractivity contribution in [3.8, 4) is 0 Å². The minimum Gasteiger partial charge on any atom is -0.465 e. The number of rotatable bonds is 3. The SMILES string of the molecule is COC(=O)c1ccc2cc(C)n(CC3CCC3)c2c1. The Morgan fingerprint density at radius 3 is 2.79 bits per heavy atom. The number of nitrogens with zero attached hydrogens (tertiary/aromatic N) is 1. The maximum atomic E-state index is 11.6. The molecule has 0 N–H and O–H groups in total. The molecule has 0 spiro atoms. The van der Waals surface area contributed by atoms with E-state index in [9.17, 15) is 4.79 Å². The summed E-state index contributed by atoms with van der Waals surface area (Å²) in [7, 11) is 1.42. The van der Waals surface area contributed by atoms with Gasteiger partial charge in [-0.15, -0.1) is 0 Å². The third-order valence-corrected chi connectivity index (χ3v) is 4.20. The van der Waals surface area contributed by atoms with Gasteiger partial charge in [-0.25, -0.2) is 4.79 Å². The van der Waals surface area contributed by atoms with Crippen LogP contribution in [-0.4, -0.2) is 17.6 Å². The van der Waals surface area contributed by atoms with Gasteiger partial charge < -0.3 is 9.30 Å². The van der Waals surface area contributed by atoms with Gasteiger partial charge in [-0.05, 0) is 49.3 Å². The summed E-state index contributed by atoms with van der Waals surface area (Å²) in [6, 6.07) is 7.98. The second-order valence-corrected chi connectivity index (χ2v) is 5.46. The van der Waals surface area contributed by atoms with E-state index in [1.807, 2.05) is 18.2 Å². The molecule has 3 heteroatoms. The first-order valence-corrected chi connectivity index (χ1v) is 6.87. The Bertz CT molecular complexity index is 623. The molecule has 1 heterocycles. The van der Waals surface area contributed by atoms with Crippen LogP contribution >= 0.6 is 0 Å². The van der Waals surface area contributed by atoms with Crippen molar-refractivity contribution in [1.82, 2.24) is 4.57 Å². The highest BCUT2D eigenvalue weighted by Crippen LogP contribution is 2.31. The number of carbonyl (C=O) groups is 1. The predicted octanol–water partition coefficient (Wildman–Crippen LogP) is 3.54. The first kappa shape index (κ1) is 12.3. The Hall–Kier alpha value is -1.77. The zero-order valence-corrected chi connectivity index (χ0v) is 11.5. The van der Waals surface area contributed by atoms with Gasteiger partial charge in [-0.3, -0.25) is 0 Å². The monoisotopic (exact) mass is 257 g/mol. The van der Waals surface area contributed by atoms with Gasteiger partial charge >= 0.3 is 5.97 Å². The quantitative estimate of drug-likeness (QED) is 0.787. The number of ether oxygens (including phenoxy) is 1. The molecule has 1 aromatic heterocycles. The summed E-state index contributed by atoms with van der Waals surface area (Å²) in [4.78, 5) is 11.6. The Kier molecular flexibility index (Phi) is 3.05. The molecular weight excluding hydrogens is 238 g/mol. The van der Waals surface area contributed by atoms with E-state index in [0.29, 0.717) is 5.56 Å². The van der Waals surface area contributed by atoms with Crippen LogP contribution in [0.4, 0.5) is 0 Å². The molecule has 0 bridgehead atoms. The zero-order chi connectivity index (χ0) is 13.4. The number of methoxy groups -OCH3 is 1. The van der Waals surface area contributed by atoms with Crippen LogP contribution < -0.4 is 0 Å². The fourth-order valence-electron chi connectivity index (χ4n) is 2.81.